The summed E-state index contributed by atoms with van der Waals surface area (Å²) in [5.74, 6) is 0.742. The zero-order valence-electron chi connectivity index (χ0n) is 20.2. The molecule has 0 aromatic heterocycles. The van der Waals surface area contributed by atoms with Gasteiger partial charge >= 0.3 is 0 Å². The maximum atomic E-state index is 12.8. The highest BCUT2D eigenvalue weighted by atomic mass is 16.1. The Hall–Kier alpha value is -3.53. The molecule has 34 heavy (non-hydrogen) atoms. The predicted octanol–water partition coefficient (Wildman–Crippen LogP) is 6.92. The fourth-order valence-electron chi connectivity index (χ4n) is 5.47. The van der Waals surface area contributed by atoms with E-state index < -0.39 is 0 Å². The summed E-state index contributed by atoms with van der Waals surface area (Å²) in [6, 6.07) is 23.3. The highest BCUT2D eigenvalue weighted by molar-refractivity contribution is 6.04. The first kappa shape index (κ1) is 22.3. The van der Waals surface area contributed by atoms with Crippen LogP contribution < -0.4 is 15.5 Å². The average Bonchev–Trinajstić information content (AvgIpc) is 3.35. The van der Waals surface area contributed by atoms with Crippen LogP contribution in [0.3, 0.4) is 0 Å². The fourth-order valence-corrected chi connectivity index (χ4v) is 5.47. The van der Waals surface area contributed by atoms with Crippen LogP contribution in [0, 0.1) is 12.8 Å². The lowest BCUT2D eigenvalue weighted by Crippen LogP contribution is -2.29. The zero-order chi connectivity index (χ0) is 23.7. The van der Waals surface area contributed by atoms with E-state index >= 15 is 0 Å². The largest absolute Gasteiger partial charge is 0.378 e. The molecule has 2 N–H and O–H groups in total. The Morgan fingerprint density at radius 1 is 1.03 bits per heavy atom. The summed E-state index contributed by atoms with van der Waals surface area (Å²) < 4.78 is 0. The average molecular weight is 452 g/mol. The predicted molar refractivity (Wildman–Crippen MR) is 142 cm³/mol. The number of aryl methyl sites for hydroxylation is 1. The van der Waals surface area contributed by atoms with E-state index in [9.17, 15) is 4.79 Å². The number of hydrogen-bond donors (Lipinski definition) is 2. The van der Waals surface area contributed by atoms with Crippen LogP contribution in [0.25, 0.3) is 0 Å². The number of carbonyl (C=O) groups excluding carboxylic acids is 1. The molecule has 0 saturated heterocycles. The van der Waals surface area contributed by atoms with Crippen molar-refractivity contribution in [3.8, 4) is 0 Å². The van der Waals surface area contributed by atoms with Crippen LogP contribution in [0.1, 0.15) is 59.3 Å². The molecule has 174 valence electrons. The molecule has 3 unspecified atom stereocenters. The van der Waals surface area contributed by atoms with Gasteiger partial charge in [0.15, 0.2) is 0 Å². The monoisotopic (exact) mass is 451 g/mol. The van der Waals surface area contributed by atoms with E-state index in [2.05, 4.69) is 77.9 Å². The number of carbonyl (C=O) groups is 1. The summed E-state index contributed by atoms with van der Waals surface area (Å²) in [5.41, 5.74) is 7.63. The Balaban J connectivity index is 1.39. The molecule has 3 aromatic rings. The summed E-state index contributed by atoms with van der Waals surface area (Å²) >= 11 is 0. The molecule has 0 bridgehead atoms. The first-order valence-corrected chi connectivity index (χ1v) is 12.4. The van der Waals surface area contributed by atoms with Crippen LogP contribution in [0.4, 0.5) is 17.1 Å². The lowest BCUT2D eigenvalue weighted by atomic mass is 9.77. The van der Waals surface area contributed by atoms with Crippen molar-refractivity contribution in [2.24, 2.45) is 5.92 Å². The lowest BCUT2D eigenvalue weighted by Gasteiger charge is -2.38. The van der Waals surface area contributed by atoms with Crippen molar-refractivity contribution in [2.45, 2.75) is 39.2 Å². The Morgan fingerprint density at radius 2 is 1.82 bits per heavy atom. The Kier molecular flexibility index (Phi) is 6.14. The Morgan fingerprint density at radius 3 is 2.56 bits per heavy atom. The molecule has 3 atom stereocenters. The van der Waals surface area contributed by atoms with Gasteiger partial charge in [0, 0.05) is 41.6 Å². The number of hydrogen-bond acceptors (Lipinski definition) is 3. The number of amides is 1. The number of nitrogens with one attached hydrogen (secondary N) is 2. The van der Waals surface area contributed by atoms with Gasteiger partial charge < -0.3 is 15.5 Å². The summed E-state index contributed by atoms with van der Waals surface area (Å²) in [6.07, 6.45) is 5.70. The van der Waals surface area contributed by atoms with Crippen LogP contribution in [-0.2, 0) is 0 Å². The van der Waals surface area contributed by atoms with E-state index in [-0.39, 0.29) is 11.9 Å². The standard InChI is InChI=1S/C30H33N3O/c1-4-33(5-2)24-15-12-21(13-16-24)29-26-11-7-10-25(26)27-19-23(14-17-28(27)32-29)31-30(34)22-9-6-8-20(3)18-22/h6-10,12-19,25-26,29,32H,4-5,11H2,1-3H3,(H,31,34). The molecule has 1 aliphatic heterocycles. The quantitative estimate of drug-likeness (QED) is 0.400. The smallest absolute Gasteiger partial charge is 0.255 e. The lowest BCUT2D eigenvalue weighted by molar-refractivity contribution is 0.102. The van der Waals surface area contributed by atoms with Gasteiger partial charge in [0.2, 0.25) is 0 Å². The van der Waals surface area contributed by atoms with Gasteiger partial charge in [-0.2, -0.15) is 0 Å². The third kappa shape index (κ3) is 4.21. The van der Waals surface area contributed by atoms with Gasteiger partial charge in [0.05, 0.1) is 6.04 Å². The molecule has 0 radical (unpaired) electrons. The number of rotatable bonds is 6. The summed E-state index contributed by atoms with van der Waals surface area (Å²) in [7, 11) is 0. The molecule has 2 aliphatic rings. The van der Waals surface area contributed by atoms with E-state index in [0.29, 0.717) is 17.4 Å². The molecule has 0 spiro atoms. The topological polar surface area (TPSA) is 44.4 Å². The number of benzene rings is 3. The molecule has 5 rings (SSSR count). The minimum absolute atomic E-state index is 0.0721. The molecule has 1 amide bonds. The van der Waals surface area contributed by atoms with E-state index in [4.69, 9.17) is 0 Å². The Bertz CT molecular complexity index is 1210. The minimum atomic E-state index is -0.0721. The SMILES string of the molecule is CCN(CC)c1ccc(C2Nc3ccc(NC(=O)c4cccc(C)c4)cc3C3C=CCC32)cc1. The van der Waals surface area contributed by atoms with Gasteiger partial charge in [-0.3, -0.25) is 4.79 Å². The Labute approximate surface area is 202 Å². The third-order valence-corrected chi connectivity index (χ3v) is 7.28. The van der Waals surface area contributed by atoms with Gasteiger partial charge in [0.25, 0.3) is 5.91 Å². The van der Waals surface area contributed by atoms with Gasteiger partial charge in [-0.25, -0.2) is 0 Å². The summed E-state index contributed by atoms with van der Waals surface area (Å²) in [5, 5.41) is 6.91. The second-order valence-corrected chi connectivity index (χ2v) is 9.36. The van der Waals surface area contributed by atoms with Crippen LogP contribution in [0.5, 0.6) is 0 Å². The maximum Gasteiger partial charge on any atom is 0.255 e. The summed E-state index contributed by atoms with van der Waals surface area (Å²) in [6.45, 7) is 8.43. The van der Waals surface area contributed by atoms with Crippen molar-refractivity contribution in [1.29, 1.82) is 0 Å². The van der Waals surface area contributed by atoms with Crippen LogP contribution in [0.15, 0.2) is 78.9 Å². The third-order valence-electron chi connectivity index (χ3n) is 7.28. The minimum Gasteiger partial charge on any atom is -0.378 e. The second-order valence-electron chi connectivity index (χ2n) is 9.36. The maximum absolute atomic E-state index is 12.8. The first-order valence-electron chi connectivity index (χ1n) is 12.4. The van der Waals surface area contributed by atoms with Crippen molar-refractivity contribution in [3.63, 3.8) is 0 Å². The van der Waals surface area contributed by atoms with Gasteiger partial charge in [0.1, 0.15) is 0 Å². The molecule has 0 fully saturated rings. The molecule has 0 saturated carbocycles. The molecule has 1 heterocycles. The highest BCUT2D eigenvalue weighted by Gasteiger charge is 2.38. The molecular weight excluding hydrogens is 418 g/mol. The van der Waals surface area contributed by atoms with E-state index in [1.807, 2.05) is 37.3 Å². The fraction of sp³-hybridized carbons (Fsp3) is 0.300. The molecular formula is C30H33N3O. The number of allylic oxidation sites excluding steroid dienone is 2. The van der Waals surface area contributed by atoms with Crippen molar-refractivity contribution < 1.29 is 4.79 Å². The molecule has 1 aliphatic carbocycles. The van der Waals surface area contributed by atoms with Crippen molar-refractivity contribution in [2.75, 3.05) is 28.6 Å². The van der Waals surface area contributed by atoms with E-state index in [0.717, 1.165) is 36.4 Å². The number of fused-ring (bicyclic) bond motifs is 3. The zero-order valence-corrected chi connectivity index (χ0v) is 20.2. The molecule has 3 aromatic carbocycles. The van der Waals surface area contributed by atoms with Crippen LogP contribution in [0.2, 0.25) is 0 Å². The van der Waals surface area contributed by atoms with Crippen molar-refractivity contribution in [1.82, 2.24) is 0 Å². The van der Waals surface area contributed by atoms with Gasteiger partial charge in [-0.1, -0.05) is 42.0 Å². The number of nitrogens with zero attached hydrogens (tertiary/aromatic N) is 1. The van der Waals surface area contributed by atoms with Crippen LogP contribution >= 0.6 is 0 Å². The van der Waals surface area contributed by atoms with E-state index in [1.165, 1.54) is 16.8 Å². The number of anilines is 3. The van der Waals surface area contributed by atoms with Crippen molar-refractivity contribution >= 4 is 23.0 Å². The molecule has 4 nitrogen and oxygen atoms in total. The highest BCUT2D eigenvalue weighted by Crippen LogP contribution is 2.50. The summed E-state index contributed by atoms with van der Waals surface area (Å²) in [4.78, 5) is 15.1. The normalized spacial score (nSPS) is 20.3. The van der Waals surface area contributed by atoms with Gasteiger partial charge in [-0.15, -0.1) is 0 Å². The van der Waals surface area contributed by atoms with Crippen LogP contribution in [-0.4, -0.2) is 19.0 Å². The van der Waals surface area contributed by atoms with Crippen molar-refractivity contribution in [3.05, 3.63) is 101 Å². The van der Waals surface area contributed by atoms with E-state index in [1.54, 1.807) is 0 Å². The molecule has 4 heteroatoms. The first-order chi connectivity index (χ1) is 16.6. The second kappa shape index (κ2) is 9.38. The van der Waals surface area contributed by atoms with Gasteiger partial charge in [-0.05, 0) is 86.7 Å².